The average molecular weight is 548 g/mol. The van der Waals surface area contributed by atoms with Crippen LogP contribution in [-0.2, 0) is 17.4 Å². The van der Waals surface area contributed by atoms with E-state index in [0.29, 0.717) is 33.9 Å². The van der Waals surface area contributed by atoms with Gasteiger partial charge in [-0.05, 0) is 66.4 Å². The molecule has 198 valence electrons. The van der Waals surface area contributed by atoms with E-state index in [1.807, 2.05) is 53.8 Å². The third-order valence-corrected chi connectivity index (χ3v) is 6.88. The smallest absolute Gasteiger partial charge is 0.350 e. The van der Waals surface area contributed by atoms with Crippen molar-refractivity contribution in [1.29, 1.82) is 0 Å². The second kappa shape index (κ2) is 10.9. The molecule has 0 saturated heterocycles. The lowest BCUT2D eigenvalue weighted by molar-refractivity contribution is -0.137. The van der Waals surface area contributed by atoms with Crippen LogP contribution in [0.1, 0.15) is 36.2 Å². The predicted octanol–water partition coefficient (Wildman–Crippen LogP) is 8.15. The van der Waals surface area contributed by atoms with Gasteiger partial charge in [0.1, 0.15) is 5.65 Å². The minimum absolute atomic E-state index is 0.114. The predicted molar refractivity (Wildman–Crippen MR) is 147 cm³/mol. The molecule has 0 aliphatic carbocycles. The highest BCUT2D eigenvalue weighted by atomic mass is 35.5. The molecule has 0 aliphatic rings. The van der Waals surface area contributed by atoms with Crippen molar-refractivity contribution in [3.05, 3.63) is 119 Å². The van der Waals surface area contributed by atoms with Gasteiger partial charge in [-0.25, -0.2) is 4.98 Å². The number of halogens is 4. The lowest BCUT2D eigenvalue weighted by Gasteiger charge is -2.14. The van der Waals surface area contributed by atoms with E-state index >= 15 is 0 Å². The Morgan fingerprint density at radius 2 is 1.64 bits per heavy atom. The molecule has 1 amide bonds. The Bertz CT molecular complexity index is 1610. The molecule has 2 aromatic heterocycles. The molecular formula is C31H25ClF3N3O. The van der Waals surface area contributed by atoms with E-state index in [9.17, 15) is 18.0 Å². The van der Waals surface area contributed by atoms with Gasteiger partial charge in [-0.2, -0.15) is 13.2 Å². The van der Waals surface area contributed by atoms with Crippen LogP contribution in [-0.4, -0.2) is 15.3 Å². The van der Waals surface area contributed by atoms with Crippen LogP contribution < -0.4 is 5.32 Å². The van der Waals surface area contributed by atoms with Gasteiger partial charge in [-0.15, -0.1) is 0 Å². The molecule has 39 heavy (non-hydrogen) atoms. The highest BCUT2D eigenvalue weighted by Gasteiger charge is 2.30. The maximum absolute atomic E-state index is 13.3. The summed E-state index contributed by atoms with van der Waals surface area (Å²) in [5.74, 6) is -0.114. The Labute approximate surface area is 229 Å². The zero-order valence-electron chi connectivity index (χ0n) is 21.0. The Morgan fingerprint density at radius 1 is 0.923 bits per heavy atom. The highest BCUT2D eigenvalue weighted by Crippen LogP contribution is 2.33. The van der Waals surface area contributed by atoms with Gasteiger partial charge in [-0.1, -0.05) is 66.2 Å². The summed E-state index contributed by atoms with van der Waals surface area (Å²) in [6, 6.07) is 25.6. The number of carbonyl (C=O) groups excluding carboxylic acids is 1. The normalized spacial score (nSPS) is 12.4. The lowest BCUT2D eigenvalue weighted by Crippen LogP contribution is -2.26. The number of aryl methyl sites for hydroxylation is 1. The largest absolute Gasteiger partial charge is 0.416 e. The molecular weight excluding hydrogens is 523 g/mol. The zero-order valence-corrected chi connectivity index (χ0v) is 21.8. The summed E-state index contributed by atoms with van der Waals surface area (Å²) >= 11 is 6.09. The van der Waals surface area contributed by atoms with Crippen molar-refractivity contribution in [3.8, 4) is 22.4 Å². The van der Waals surface area contributed by atoms with Gasteiger partial charge in [0.05, 0.1) is 23.0 Å². The average Bonchev–Trinajstić information content (AvgIpc) is 3.30. The van der Waals surface area contributed by atoms with Crippen LogP contribution in [0.4, 0.5) is 13.2 Å². The van der Waals surface area contributed by atoms with Crippen LogP contribution >= 0.6 is 11.6 Å². The molecule has 0 radical (unpaired) electrons. The third-order valence-electron chi connectivity index (χ3n) is 6.62. The molecule has 0 bridgehead atoms. The molecule has 0 aliphatic heterocycles. The van der Waals surface area contributed by atoms with Gasteiger partial charge in [0.25, 0.3) is 0 Å². The van der Waals surface area contributed by atoms with E-state index < -0.39 is 11.7 Å². The van der Waals surface area contributed by atoms with E-state index in [4.69, 9.17) is 16.6 Å². The summed E-state index contributed by atoms with van der Waals surface area (Å²) in [5.41, 5.74) is 4.28. The summed E-state index contributed by atoms with van der Waals surface area (Å²) in [6.07, 6.45) is -2.08. The minimum atomic E-state index is -4.44. The number of fused-ring (bicyclic) bond motifs is 1. The van der Waals surface area contributed by atoms with Crippen LogP contribution in [0.3, 0.4) is 0 Å². The monoisotopic (exact) mass is 547 g/mol. The molecule has 2 heterocycles. The second-order valence-electron chi connectivity index (χ2n) is 9.34. The standard InChI is InChI=1S/C31H25ClF3N3O/c1-20(21-6-3-2-4-7-21)36-29(39)17-15-27-30(22-10-13-26(32)14-11-22)37-28-16-12-24(19-38(27)28)23-8-5-9-25(18-23)31(33,34)35/h2-14,16,18-20H,15,17H2,1H3,(H,36,39). The maximum atomic E-state index is 13.3. The number of alkyl halides is 3. The van der Waals surface area contributed by atoms with E-state index in [-0.39, 0.29) is 18.4 Å². The Morgan fingerprint density at radius 3 is 2.36 bits per heavy atom. The highest BCUT2D eigenvalue weighted by molar-refractivity contribution is 6.30. The summed E-state index contributed by atoms with van der Waals surface area (Å²) in [5, 5.41) is 3.63. The fourth-order valence-electron chi connectivity index (χ4n) is 4.59. The number of amides is 1. The first-order valence-corrected chi connectivity index (χ1v) is 12.9. The van der Waals surface area contributed by atoms with Crippen molar-refractivity contribution in [2.45, 2.75) is 32.0 Å². The number of benzene rings is 3. The van der Waals surface area contributed by atoms with E-state index in [1.165, 1.54) is 6.07 Å². The van der Waals surface area contributed by atoms with Gasteiger partial charge in [0.15, 0.2) is 0 Å². The number of aromatic nitrogens is 2. The van der Waals surface area contributed by atoms with Gasteiger partial charge >= 0.3 is 6.18 Å². The van der Waals surface area contributed by atoms with Crippen LogP contribution in [0, 0.1) is 0 Å². The van der Waals surface area contributed by atoms with Gasteiger partial charge in [-0.3, -0.25) is 4.79 Å². The Balaban J connectivity index is 1.49. The van der Waals surface area contributed by atoms with E-state index in [0.717, 1.165) is 29.0 Å². The quantitative estimate of drug-likeness (QED) is 0.223. The summed E-state index contributed by atoms with van der Waals surface area (Å²) < 4.78 is 41.9. The number of rotatable bonds is 7. The molecule has 1 unspecified atom stereocenters. The molecule has 8 heteroatoms. The number of hydrogen-bond acceptors (Lipinski definition) is 2. The number of imidazole rings is 1. The Kier molecular flexibility index (Phi) is 7.44. The first kappa shape index (κ1) is 26.5. The fraction of sp³-hybridized carbons (Fsp3) is 0.161. The van der Waals surface area contributed by atoms with Crippen LogP contribution in [0.25, 0.3) is 28.0 Å². The lowest BCUT2D eigenvalue weighted by atomic mass is 10.0. The first-order valence-electron chi connectivity index (χ1n) is 12.5. The van der Waals surface area contributed by atoms with Crippen molar-refractivity contribution in [1.82, 2.24) is 14.7 Å². The summed E-state index contributed by atoms with van der Waals surface area (Å²) in [4.78, 5) is 17.7. The number of pyridine rings is 1. The first-order chi connectivity index (χ1) is 18.7. The summed E-state index contributed by atoms with van der Waals surface area (Å²) in [7, 11) is 0. The third kappa shape index (κ3) is 5.99. The number of hydrogen-bond donors (Lipinski definition) is 1. The van der Waals surface area contributed by atoms with Crippen molar-refractivity contribution in [2.24, 2.45) is 0 Å². The van der Waals surface area contributed by atoms with Crippen LogP contribution in [0.2, 0.25) is 5.02 Å². The molecule has 1 atom stereocenters. The minimum Gasteiger partial charge on any atom is -0.350 e. The SMILES string of the molecule is CC(NC(=O)CCc1c(-c2ccc(Cl)cc2)nc2ccc(-c3cccc(C(F)(F)F)c3)cn12)c1ccccc1. The molecule has 0 spiro atoms. The van der Waals surface area contributed by atoms with Crippen LogP contribution in [0.5, 0.6) is 0 Å². The number of nitrogens with one attached hydrogen (secondary N) is 1. The molecule has 5 aromatic rings. The topological polar surface area (TPSA) is 46.4 Å². The molecule has 0 saturated carbocycles. The van der Waals surface area contributed by atoms with Gasteiger partial charge < -0.3 is 9.72 Å². The molecule has 4 nitrogen and oxygen atoms in total. The maximum Gasteiger partial charge on any atom is 0.416 e. The van der Waals surface area contributed by atoms with Crippen molar-refractivity contribution >= 4 is 23.2 Å². The number of nitrogens with zero attached hydrogens (tertiary/aromatic N) is 2. The van der Waals surface area contributed by atoms with Gasteiger partial charge in [0, 0.05) is 23.2 Å². The van der Waals surface area contributed by atoms with Crippen molar-refractivity contribution < 1.29 is 18.0 Å². The molecule has 3 aromatic carbocycles. The molecule has 5 rings (SSSR count). The van der Waals surface area contributed by atoms with Crippen molar-refractivity contribution in [2.75, 3.05) is 0 Å². The van der Waals surface area contributed by atoms with E-state index in [2.05, 4.69) is 5.32 Å². The zero-order chi connectivity index (χ0) is 27.6. The molecule has 1 N–H and O–H groups in total. The summed E-state index contributed by atoms with van der Waals surface area (Å²) in [6.45, 7) is 1.93. The molecule has 0 fully saturated rings. The van der Waals surface area contributed by atoms with E-state index in [1.54, 1.807) is 36.5 Å². The Hall–Kier alpha value is -4.10. The van der Waals surface area contributed by atoms with Crippen molar-refractivity contribution in [3.63, 3.8) is 0 Å². The van der Waals surface area contributed by atoms with Crippen LogP contribution in [0.15, 0.2) is 97.2 Å². The van der Waals surface area contributed by atoms with Gasteiger partial charge in [0.2, 0.25) is 5.91 Å². The second-order valence-corrected chi connectivity index (χ2v) is 9.77. The number of carbonyl (C=O) groups is 1. The fourth-order valence-corrected chi connectivity index (χ4v) is 4.71.